The van der Waals surface area contributed by atoms with Gasteiger partial charge in [0.15, 0.2) is 0 Å². The van der Waals surface area contributed by atoms with Gasteiger partial charge in [-0.3, -0.25) is 9.20 Å². The van der Waals surface area contributed by atoms with E-state index in [1.54, 1.807) is 6.92 Å². The number of fused-ring (bicyclic) bond motifs is 3. The normalized spacial score (nSPS) is 12.0. The molecule has 0 fully saturated rings. The second-order valence-electron chi connectivity index (χ2n) is 6.05. The first kappa shape index (κ1) is 18.5. The van der Waals surface area contributed by atoms with Gasteiger partial charge in [0.1, 0.15) is 0 Å². The Kier molecular flexibility index (Phi) is 4.06. The van der Waals surface area contributed by atoms with Gasteiger partial charge in [0.25, 0.3) is 5.56 Å². The van der Waals surface area contributed by atoms with Crippen LogP contribution in [0.25, 0.3) is 22.4 Å². The van der Waals surface area contributed by atoms with Crippen LogP contribution in [0.2, 0.25) is 0 Å². The second-order valence-corrected chi connectivity index (χ2v) is 6.05. The summed E-state index contributed by atoms with van der Waals surface area (Å²) in [6.07, 6.45) is -2.20. The van der Waals surface area contributed by atoms with Crippen molar-refractivity contribution in [3.63, 3.8) is 0 Å². The zero-order valence-electron chi connectivity index (χ0n) is 14.7. The Morgan fingerprint density at radius 2 is 2.10 bits per heavy atom. The Morgan fingerprint density at radius 3 is 2.69 bits per heavy atom. The lowest BCUT2D eigenvalue weighted by Crippen LogP contribution is -2.15. The van der Waals surface area contributed by atoms with Crippen LogP contribution in [0.1, 0.15) is 18.2 Å². The number of hydrogen-bond acceptors (Lipinski definition) is 5. The summed E-state index contributed by atoms with van der Waals surface area (Å²) in [5, 5.41) is 8.90. The number of carboxylic acid groups (broad SMARTS) is 1. The van der Waals surface area contributed by atoms with E-state index in [-0.39, 0.29) is 40.4 Å². The van der Waals surface area contributed by atoms with Crippen LogP contribution in [-0.4, -0.2) is 35.2 Å². The summed E-state index contributed by atoms with van der Waals surface area (Å²) in [6.45, 7) is 1.67. The van der Waals surface area contributed by atoms with Crippen molar-refractivity contribution in [3.8, 4) is 11.6 Å². The number of ether oxygens (including phenoxy) is 1. The van der Waals surface area contributed by atoms with Crippen molar-refractivity contribution < 1.29 is 27.8 Å². The average Bonchev–Trinajstić information content (AvgIpc) is 3.27. The van der Waals surface area contributed by atoms with E-state index < -0.39 is 23.5 Å². The van der Waals surface area contributed by atoms with E-state index in [0.29, 0.717) is 0 Å². The molecule has 3 aromatic heterocycles. The Balaban J connectivity index is 2.16. The fourth-order valence-electron chi connectivity index (χ4n) is 3.20. The van der Waals surface area contributed by atoms with E-state index in [1.165, 1.54) is 33.8 Å². The first-order valence-corrected chi connectivity index (χ1v) is 8.28. The summed E-state index contributed by atoms with van der Waals surface area (Å²) in [5.41, 5.74) is -1.83. The highest BCUT2D eigenvalue weighted by Gasteiger charge is 2.35. The van der Waals surface area contributed by atoms with E-state index in [1.807, 2.05) is 0 Å². The summed E-state index contributed by atoms with van der Waals surface area (Å²) in [6, 6.07) is 2.05. The van der Waals surface area contributed by atoms with E-state index >= 15 is 0 Å². The molecule has 0 aliphatic heterocycles. The maximum absolute atomic E-state index is 13.6. The average molecular weight is 407 g/mol. The Hall–Kier alpha value is -3.83. The summed E-state index contributed by atoms with van der Waals surface area (Å²) >= 11 is 0. The van der Waals surface area contributed by atoms with E-state index in [9.17, 15) is 22.8 Å². The van der Waals surface area contributed by atoms with Crippen LogP contribution in [0.4, 0.5) is 18.0 Å². The van der Waals surface area contributed by atoms with Crippen LogP contribution in [0.15, 0.2) is 35.6 Å². The molecule has 4 rings (SSSR count). The number of aromatic nitrogens is 5. The van der Waals surface area contributed by atoms with Crippen LogP contribution in [0.5, 0.6) is 5.88 Å². The first-order chi connectivity index (χ1) is 13.7. The van der Waals surface area contributed by atoms with Crippen molar-refractivity contribution in [3.05, 3.63) is 52.5 Å². The quantitative estimate of drug-likeness (QED) is 0.505. The molecule has 4 aromatic rings. The molecule has 0 radical (unpaired) electrons. The van der Waals surface area contributed by atoms with E-state index in [0.717, 1.165) is 6.07 Å². The SMILES string of the molecule is CCc1c(OC(=O)O)nc2c(=O)[nH]c3cc(C(F)(F)F)c(-n4ccnc4)cc3n12. The summed E-state index contributed by atoms with van der Waals surface area (Å²) in [7, 11) is 0. The van der Waals surface area contributed by atoms with Crippen molar-refractivity contribution in [2.24, 2.45) is 0 Å². The summed E-state index contributed by atoms with van der Waals surface area (Å²) < 4.78 is 48.1. The standard InChI is InChI=1S/C17H12F3N5O4/c1-2-10-15(29-16(27)28)23-13-14(26)22-9-5-8(17(18,19)20)11(6-12(9)25(10)13)24-4-3-21-7-24/h3-7H,2H2,1H3,(H,22,26)(H,27,28). The topological polar surface area (TPSA) is 115 Å². The summed E-state index contributed by atoms with van der Waals surface area (Å²) in [4.78, 5) is 33.4. The van der Waals surface area contributed by atoms with Crippen molar-refractivity contribution in [2.75, 3.05) is 0 Å². The predicted molar refractivity (Wildman–Crippen MR) is 93.5 cm³/mol. The maximum atomic E-state index is 13.6. The van der Waals surface area contributed by atoms with Crippen molar-refractivity contribution in [2.45, 2.75) is 19.5 Å². The minimum Gasteiger partial charge on any atom is -0.449 e. The van der Waals surface area contributed by atoms with Gasteiger partial charge in [-0.05, 0) is 18.6 Å². The molecule has 0 spiro atoms. The molecular weight excluding hydrogens is 395 g/mol. The molecule has 29 heavy (non-hydrogen) atoms. The number of nitrogens with one attached hydrogen (secondary N) is 1. The van der Waals surface area contributed by atoms with Gasteiger partial charge in [0.2, 0.25) is 11.5 Å². The smallest absolute Gasteiger partial charge is 0.449 e. The number of benzene rings is 1. The number of carbonyl (C=O) groups is 1. The third kappa shape index (κ3) is 2.98. The zero-order valence-corrected chi connectivity index (χ0v) is 14.7. The lowest BCUT2D eigenvalue weighted by Gasteiger charge is -2.15. The number of nitrogens with zero attached hydrogens (tertiary/aromatic N) is 4. The van der Waals surface area contributed by atoms with Gasteiger partial charge >= 0.3 is 12.3 Å². The molecule has 0 saturated carbocycles. The molecular formula is C17H12F3N5O4. The van der Waals surface area contributed by atoms with Crippen molar-refractivity contribution in [1.29, 1.82) is 0 Å². The molecule has 0 unspecified atom stereocenters. The molecule has 0 amide bonds. The highest BCUT2D eigenvalue weighted by Crippen LogP contribution is 2.36. The van der Waals surface area contributed by atoms with Crippen LogP contribution < -0.4 is 10.3 Å². The van der Waals surface area contributed by atoms with E-state index in [4.69, 9.17) is 5.11 Å². The molecule has 0 aliphatic carbocycles. The molecule has 1 aromatic carbocycles. The van der Waals surface area contributed by atoms with Crippen LogP contribution in [0.3, 0.4) is 0 Å². The molecule has 150 valence electrons. The Morgan fingerprint density at radius 1 is 1.34 bits per heavy atom. The number of imidazole rings is 2. The number of alkyl halides is 3. The highest BCUT2D eigenvalue weighted by atomic mass is 19.4. The Labute approximate surface area is 159 Å². The van der Waals surface area contributed by atoms with Gasteiger partial charge in [-0.1, -0.05) is 6.92 Å². The molecule has 0 saturated heterocycles. The minimum absolute atomic E-state index is 0.0901. The molecule has 2 N–H and O–H groups in total. The number of rotatable bonds is 3. The predicted octanol–water partition coefficient (Wildman–Crippen LogP) is 3.00. The van der Waals surface area contributed by atoms with Gasteiger partial charge in [0, 0.05) is 12.4 Å². The van der Waals surface area contributed by atoms with Crippen molar-refractivity contribution >= 4 is 22.8 Å². The Bertz CT molecular complexity index is 1310. The largest absolute Gasteiger partial charge is 0.512 e. The molecule has 3 heterocycles. The fraction of sp³-hybridized carbons (Fsp3) is 0.176. The van der Waals surface area contributed by atoms with Gasteiger partial charge in [-0.15, -0.1) is 0 Å². The first-order valence-electron chi connectivity index (χ1n) is 8.28. The van der Waals surface area contributed by atoms with Gasteiger partial charge in [0.05, 0.1) is 34.3 Å². The third-order valence-electron chi connectivity index (χ3n) is 4.35. The minimum atomic E-state index is -4.69. The van der Waals surface area contributed by atoms with Gasteiger partial charge < -0.3 is 19.4 Å². The molecule has 12 heteroatoms. The zero-order chi connectivity index (χ0) is 20.9. The van der Waals surface area contributed by atoms with E-state index in [2.05, 4.69) is 19.7 Å². The van der Waals surface area contributed by atoms with Gasteiger partial charge in [-0.2, -0.15) is 18.2 Å². The van der Waals surface area contributed by atoms with Crippen LogP contribution in [-0.2, 0) is 12.6 Å². The third-order valence-corrected chi connectivity index (χ3v) is 4.35. The number of aryl methyl sites for hydroxylation is 1. The lowest BCUT2D eigenvalue weighted by molar-refractivity contribution is -0.137. The fourth-order valence-corrected chi connectivity index (χ4v) is 3.20. The van der Waals surface area contributed by atoms with Gasteiger partial charge in [-0.25, -0.2) is 9.78 Å². The molecule has 0 bridgehead atoms. The monoisotopic (exact) mass is 407 g/mol. The number of aromatic amines is 1. The maximum Gasteiger partial charge on any atom is 0.512 e. The lowest BCUT2D eigenvalue weighted by atomic mass is 10.1. The molecule has 0 aliphatic rings. The molecule has 9 nitrogen and oxygen atoms in total. The van der Waals surface area contributed by atoms with Crippen molar-refractivity contribution in [1.82, 2.24) is 23.9 Å². The molecule has 0 atom stereocenters. The highest BCUT2D eigenvalue weighted by molar-refractivity contribution is 5.82. The number of halogens is 3. The van der Waals surface area contributed by atoms with Crippen LogP contribution in [0, 0.1) is 0 Å². The number of hydrogen-bond donors (Lipinski definition) is 2. The second kappa shape index (κ2) is 6.36. The summed E-state index contributed by atoms with van der Waals surface area (Å²) in [5.74, 6) is -0.304. The number of H-pyrrole nitrogens is 1. The van der Waals surface area contributed by atoms with Crippen LogP contribution >= 0.6 is 0 Å².